The Balaban J connectivity index is 4.12. The Morgan fingerprint density at radius 1 is 0.675 bits per heavy atom. The molecule has 0 saturated carbocycles. The number of amides is 1. The van der Waals surface area contributed by atoms with Crippen LogP contribution in [0.1, 0.15) is 136 Å². The van der Waals surface area contributed by atoms with Crippen molar-refractivity contribution in [3.63, 3.8) is 0 Å². The van der Waals surface area contributed by atoms with E-state index in [0.717, 1.165) is 57.8 Å². The van der Waals surface area contributed by atoms with E-state index in [4.69, 9.17) is 0 Å². The third-order valence-corrected chi connectivity index (χ3v) is 7.50. The van der Waals surface area contributed by atoms with Crippen LogP contribution < -0.4 is 5.32 Å². The largest absolute Gasteiger partial charge is 0.387 e. The lowest BCUT2D eigenvalue weighted by Gasteiger charge is -2.21. The van der Waals surface area contributed by atoms with Crippen molar-refractivity contribution < 1.29 is 22.9 Å². The number of nitrogens with one attached hydrogen (secondary N) is 1. The first kappa shape index (κ1) is 38.3. The van der Waals surface area contributed by atoms with Gasteiger partial charge in [0.1, 0.15) is 0 Å². The van der Waals surface area contributed by atoms with E-state index < -0.39 is 28.0 Å². The summed E-state index contributed by atoms with van der Waals surface area (Å²) in [5.74, 6) is -1.03. The Hall–Kier alpha value is -1.70. The van der Waals surface area contributed by atoms with Crippen LogP contribution in [0.25, 0.3) is 0 Å². The van der Waals surface area contributed by atoms with Crippen LogP contribution >= 0.6 is 0 Å². The highest BCUT2D eigenvalue weighted by Gasteiger charge is 2.24. The summed E-state index contributed by atoms with van der Waals surface area (Å²) in [5.41, 5.74) is 0. The zero-order valence-electron chi connectivity index (χ0n) is 25.4. The zero-order valence-corrected chi connectivity index (χ0v) is 26.3. The minimum absolute atomic E-state index is 0.273. The highest BCUT2D eigenvalue weighted by Crippen LogP contribution is 2.11. The second-order valence-electron chi connectivity index (χ2n) is 10.7. The van der Waals surface area contributed by atoms with Gasteiger partial charge in [-0.25, -0.2) is 0 Å². The predicted molar refractivity (Wildman–Crippen MR) is 170 cm³/mol. The molecular formula is C33H59NO5S. The minimum atomic E-state index is -4.35. The maximum atomic E-state index is 12.4. The SMILES string of the molecule is CC/C=C/CC/C=C/CC/C=C/C(O)C(CS(=O)(=O)O)NC(=O)CCCCCCC/C=C\CCCCCCCC. The Kier molecular flexibility index (Phi) is 26.3. The van der Waals surface area contributed by atoms with Crippen molar-refractivity contribution in [1.82, 2.24) is 5.32 Å². The Labute approximate surface area is 246 Å². The molecule has 0 aromatic heterocycles. The first-order valence-electron chi connectivity index (χ1n) is 15.8. The van der Waals surface area contributed by atoms with E-state index in [1.165, 1.54) is 51.0 Å². The van der Waals surface area contributed by atoms with Gasteiger partial charge >= 0.3 is 0 Å². The summed E-state index contributed by atoms with van der Waals surface area (Å²) in [6.07, 6.45) is 35.3. The van der Waals surface area contributed by atoms with E-state index in [1.54, 1.807) is 6.08 Å². The van der Waals surface area contributed by atoms with Gasteiger partial charge in [0.05, 0.1) is 17.9 Å². The number of carbonyl (C=O) groups excluding carboxylic acids is 1. The number of aliphatic hydroxyl groups excluding tert-OH is 1. The second kappa shape index (κ2) is 27.5. The number of unbranched alkanes of at least 4 members (excludes halogenated alkanes) is 13. The van der Waals surface area contributed by atoms with Gasteiger partial charge in [0, 0.05) is 6.42 Å². The highest BCUT2D eigenvalue weighted by atomic mass is 32.2. The monoisotopic (exact) mass is 581 g/mol. The molecule has 0 fully saturated rings. The van der Waals surface area contributed by atoms with Crippen LogP contribution in [-0.4, -0.2) is 41.9 Å². The Bertz CT molecular complexity index is 817. The predicted octanol–water partition coefficient (Wildman–Crippen LogP) is 8.40. The van der Waals surface area contributed by atoms with E-state index in [1.807, 2.05) is 0 Å². The summed E-state index contributed by atoms with van der Waals surface area (Å²) < 4.78 is 32.1. The number of carbonyl (C=O) groups is 1. The van der Waals surface area contributed by atoms with Gasteiger partial charge in [0.25, 0.3) is 10.1 Å². The molecule has 0 aromatic rings. The molecule has 0 bridgehead atoms. The van der Waals surface area contributed by atoms with Crippen LogP contribution in [0, 0.1) is 0 Å². The standard InChI is InChI=1S/C33H59NO5S/c1-3-5-7-9-11-13-15-16-17-18-19-21-23-25-27-29-33(36)34-31(30-40(37,38)39)32(35)28-26-24-22-20-14-12-10-8-6-4-2/h6,8,14,16-17,20,26,28,31-32,35H,3-5,7,9-13,15,18-19,21-25,27,29-30H2,1-2H3,(H,34,36)(H,37,38,39)/b8-6+,17-16-,20-14+,28-26+. The summed E-state index contributed by atoms with van der Waals surface area (Å²) in [6.45, 7) is 4.35. The number of rotatable bonds is 27. The minimum Gasteiger partial charge on any atom is -0.387 e. The third kappa shape index (κ3) is 27.9. The maximum Gasteiger partial charge on any atom is 0.267 e. The average molecular weight is 582 g/mol. The number of hydrogen-bond acceptors (Lipinski definition) is 4. The van der Waals surface area contributed by atoms with Crippen molar-refractivity contribution in [3.05, 3.63) is 48.6 Å². The normalized spacial score (nSPS) is 14.2. The molecule has 1 amide bonds. The van der Waals surface area contributed by atoms with Crippen LogP contribution in [0.3, 0.4) is 0 Å². The van der Waals surface area contributed by atoms with Crippen LogP contribution in [0.4, 0.5) is 0 Å². The lowest BCUT2D eigenvalue weighted by molar-refractivity contribution is -0.122. The molecule has 6 nitrogen and oxygen atoms in total. The maximum absolute atomic E-state index is 12.4. The topological polar surface area (TPSA) is 104 Å². The van der Waals surface area contributed by atoms with Crippen molar-refractivity contribution in [3.8, 4) is 0 Å². The molecule has 0 heterocycles. The number of allylic oxidation sites excluding steroid dienone is 7. The fourth-order valence-corrected chi connectivity index (χ4v) is 5.10. The molecule has 232 valence electrons. The molecule has 0 aliphatic rings. The molecule has 7 heteroatoms. The average Bonchev–Trinajstić information content (AvgIpc) is 2.90. The molecule has 0 rings (SSSR count). The summed E-state index contributed by atoms with van der Waals surface area (Å²) in [6, 6.07) is -1.08. The summed E-state index contributed by atoms with van der Waals surface area (Å²) >= 11 is 0. The Morgan fingerprint density at radius 3 is 1.70 bits per heavy atom. The molecule has 0 aromatic carbocycles. The van der Waals surface area contributed by atoms with Gasteiger partial charge in [-0.3, -0.25) is 9.35 Å². The van der Waals surface area contributed by atoms with Gasteiger partial charge in [0.2, 0.25) is 5.91 Å². The number of aliphatic hydroxyl groups is 1. The van der Waals surface area contributed by atoms with Gasteiger partial charge in [-0.15, -0.1) is 0 Å². The Morgan fingerprint density at radius 2 is 1.15 bits per heavy atom. The smallest absolute Gasteiger partial charge is 0.267 e. The van der Waals surface area contributed by atoms with Crippen molar-refractivity contribution in [2.75, 3.05) is 5.75 Å². The van der Waals surface area contributed by atoms with Crippen molar-refractivity contribution >= 4 is 16.0 Å². The van der Waals surface area contributed by atoms with Crippen molar-refractivity contribution in [2.24, 2.45) is 0 Å². The molecule has 2 atom stereocenters. The van der Waals surface area contributed by atoms with Crippen LogP contribution in [0.5, 0.6) is 0 Å². The molecule has 40 heavy (non-hydrogen) atoms. The molecule has 2 unspecified atom stereocenters. The van der Waals surface area contributed by atoms with Gasteiger partial charge in [-0.2, -0.15) is 8.42 Å². The van der Waals surface area contributed by atoms with Crippen molar-refractivity contribution in [2.45, 2.75) is 148 Å². The highest BCUT2D eigenvalue weighted by molar-refractivity contribution is 7.85. The van der Waals surface area contributed by atoms with E-state index in [-0.39, 0.29) is 12.3 Å². The molecule has 0 saturated heterocycles. The quantitative estimate of drug-likeness (QED) is 0.0513. The van der Waals surface area contributed by atoms with Crippen LogP contribution in [0.15, 0.2) is 48.6 Å². The van der Waals surface area contributed by atoms with Crippen molar-refractivity contribution in [1.29, 1.82) is 0 Å². The summed E-state index contributed by atoms with van der Waals surface area (Å²) in [7, 11) is -4.35. The van der Waals surface area contributed by atoms with Crippen LogP contribution in [-0.2, 0) is 14.9 Å². The third-order valence-electron chi connectivity index (χ3n) is 6.72. The second-order valence-corrected chi connectivity index (χ2v) is 12.2. The zero-order chi connectivity index (χ0) is 29.7. The lowest BCUT2D eigenvalue weighted by atomic mass is 10.1. The van der Waals surface area contributed by atoms with Gasteiger partial charge in [-0.1, -0.05) is 114 Å². The molecule has 0 radical (unpaired) electrons. The van der Waals surface area contributed by atoms with E-state index in [2.05, 4.69) is 55.6 Å². The fourth-order valence-electron chi connectivity index (χ4n) is 4.36. The fraction of sp³-hybridized carbons (Fsp3) is 0.727. The van der Waals surface area contributed by atoms with E-state index in [0.29, 0.717) is 12.8 Å². The molecular weight excluding hydrogens is 522 g/mol. The van der Waals surface area contributed by atoms with Crippen LogP contribution in [0.2, 0.25) is 0 Å². The van der Waals surface area contributed by atoms with Gasteiger partial charge < -0.3 is 10.4 Å². The van der Waals surface area contributed by atoms with Gasteiger partial charge in [-0.05, 0) is 64.2 Å². The lowest BCUT2D eigenvalue weighted by Crippen LogP contribution is -2.46. The molecule has 0 aliphatic carbocycles. The molecule has 0 spiro atoms. The van der Waals surface area contributed by atoms with E-state index >= 15 is 0 Å². The van der Waals surface area contributed by atoms with Gasteiger partial charge in [0.15, 0.2) is 0 Å². The number of hydrogen-bond donors (Lipinski definition) is 3. The molecule has 3 N–H and O–H groups in total. The summed E-state index contributed by atoms with van der Waals surface area (Å²) in [4.78, 5) is 12.4. The molecule has 0 aliphatic heterocycles. The van der Waals surface area contributed by atoms with E-state index in [9.17, 15) is 22.9 Å². The first-order chi connectivity index (χ1) is 19.3. The first-order valence-corrected chi connectivity index (χ1v) is 17.4. The summed E-state index contributed by atoms with van der Waals surface area (Å²) in [5, 5.41) is 13.0.